The van der Waals surface area contributed by atoms with Crippen molar-refractivity contribution in [2.45, 2.75) is 26.4 Å². The first-order valence-corrected chi connectivity index (χ1v) is 4.58. The first-order valence-electron chi connectivity index (χ1n) is 4.58. The fourth-order valence-corrected chi connectivity index (χ4v) is 1.36. The molecule has 0 saturated heterocycles. The van der Waals surface area contributed by atoms with Gasteiger partial charge in [-0.3, -0.25) is 9.59 Å². The quantitative estimate of drug-likeness (QED) is 0.627. The Hall–Kier alpha value is -1.38. The average molecular weight is 194 g/mol. The molecule has 76 valence electrons. The number of esters is 1. The number of hydrogen-bond acceptors (Lipinski definition) is 3. The van der Waals surface area contributed by atoms with E-state index in [4.69, 9.17) is 4.74 Å². The highest BCUT2D eigenvalue weighted by Crippen LogP contribution is 2.28. The van der Waals surface area contributed by atoms with E-state index in [1.54, 1.807) is 12.2 Å². The van der Waals surface area contributed by atoms with Crippen molar-refractivity contribution in [3.63, 3.8) is 0 Å². The van der Waals surface area contributed by atoms with E-state index in [0.717, 1.165) is 0 Å². The Morgan fingerprint density at radius 2 is 1.86 bits per heavy atom. The summed E-state index contributed by atoms with van der Waals surface area (Å²) in [6.07, 6.45) is 6.15. The summed E-state index contributed by atoms with van der Waals surface area (Å²) in [6, 6.07) is 0. The molecule has 0 amide bonds. The van der Waals surface area contributed by atoms with Crippen molar-refractivity contribution in [1.82, 2.24) is 0 Å². The van der Waals surface area contributed by atoms with Crippen LogP contribution in [0.1, 0.15) is 20.8 Å². The molecule has 0 aromatic carbocycles. The van der Waals surface area contributed by atoms with Gasteiger partial charge < -0.3 is 4.74 Å². The van der Waals surface area contributed by atoms with Gasteiger partial charge in [-0.25, -0.2) is 0 Å². The summed E-state index contributed by atoms with van der Waals surface area (Å²) < 4.78 is 5.22. The zero-order valence-corrected chi connectivity index (χ0v) is 8.61. The highest BCUT2D eigenvalue weighted by molar-refractivity contribution is 6.00. The zero-order chi connectivity index (χ0) is 10.8. The third-order valence-electron chi connectivity index (χ3n) is 2.24. The van der Waals surface area contributed by atoms with Crippen molar-refractivity contribution < 1.29 is 14.3 Å². The molecule has 1 aliphatic carbocycles. The molecule has 0 aromatic rings. The average Bonchev–Trinajstić information content (AvgIpc) is 2.08. The Bertz CT molecular complexity index is 294. The molecule has 0 fully saturated rings. The predicted octanol–water partition coefficient (Wildman–Crippen LogP) is 1.64. The SMILES string of the molecule is CC(=O)OC1(C(C)C)C=CC(=O)C=C1. The minimum absolute atomic E-state index is 0.0755. The second kappa shape index (κ2) is 3.78. The Morgan fingerprint density at radius 3 is 2.21 bits per heavy atom. The Kier molecular flexibility index (Phi) is 2.89. The van der Waals surface area contributed by atoms with Gasteiger partial charge in [0.25, 0.3) is 0 Å². The second-order valence-corrected chi connectivity index (χ2v) is 3.67. The molecule has 3 heteroatoms. The lowest BCUT2D eigenvalue weighted by Gasteiger charge is -2.32. The Morgan fingerprint density at radius 1 is 1.36 bits per heavy atom. The summed E-state index contributed by atoms with van der Waals surface area (Å²) >= 11 is 0. The summed E-state index contributed by atoms with van der Waals surface area (Å²) in [5.74, 6) is -0.317. The molecule has 0 unspecified atom stereocenters. The van der Waals surface area contributed by atoms with E-state index in [-0.39, 0.29) is 17.7 Å². The minimum atomic E-state index is -0.750. The summed E-state index contributed by atoms with van der Waals surface area (Å²) in [5, 5.41) is 0. The van der Waals surface area contributed by atoms with Gasteiger partial charge in [-0.1, -0.05) is 13.8 Å². The maximum absolute atomic E-state index is 10.9. The van der Waals surface area contributed by atoms with Crippen molar-refractivity contribution in [3.05, 3.63) is 24.3 Å². The van der Waals surface area contributed by atoms with E-state index >= 15 is 0 Å². The first-order chi connectivity index (χ1) is 6.46. The molecule has 0 spiro atoms. The molecule has 0 heterocycles. The van der Waals surface area contributed by atoms with Gasteiger partial charge in [0.1, 0.15) is 0 Å². The van der Waals surface area contributed by atoms with Crippen LogP contribution in [0.2, 0.25) is 0 Å². The smallest absolute Gasteiger partial charge is 0.303 e. The minimum Gasteiger partial charge on any atom is -0.450 e. The fraction of sp³-hybridized carbons (Fsp3) is 0.455. The monoisotopic (exact) mass is 194 g/mol. The number of ketones is 1. The maximum atomic E-state index is 10.9. The van der Waals surface area contributed by atoms with Gasteiger partial charge in [-0.2, -0.15) is 0 Å². The van der Waals surface area contributed by atoms with Crippen LogP contribution in [0.25, 0.3) is 0 Å². The molecular weight excluding hydrogens is 180 g/mol. The topological polar surface area (TPSA) is 43.4 Å². The molecule has 3 nitrogen and oxygen atoms in total. The molecule has 1 rings (SSSR count). The molecule has 0 bridgehead atoms. The van der Waals surface area contributed by atoms with Gasteiger partial charge in [0.15, 0.2) is 11.4 Å². The Balaban J connectivity index is 2.95. The zero-order valence-electron chi connectivity index (χ0n) is 8.61. The van der Waals surface area contributed by atoms with Gasteiger partial charge in [0.2, 0.25) is 0 Å². The van der Waals surface area contributed by atoms with Crippen LogP contribution >= 0.6 is 0 Å². The normalized spacial score (nSPS) is 18.7. The molecule has 0 aromatic heterocycles. The van der Waals surface area contributed by atoms with E-state index in [1.165, 1.54) is 19.1 Å². The highest BCUT2D eigenvalue weighted by atomic mass is 16.6. The van der Waals surface area contributed by atoms with Crippen LogP contribution in [0.4, 0.5) is 0 Å². The molecule has 0 radical (unpaired) electrons. The molecule has 0 atom stereocenters. The first kappa shape index (κ1) is 10.7. The van der Waals surface area contributed by atoms with Crippen molar-refractivity contribution >= 4 is 11.8 Å². The van der Waals surface area contributed by atoms with Crippen LogP contribution in [0.15, 0.2) is 24.3 Å². The number of ether oxygens (including phenoxy) is 1. The summed E-state index contributed by atoms with van der Waals surface area (Å²) in [6.45, 7) is 5.24. The van der Waals surface area contributed by atoms with Gasteiger partial charge >= 0.3 is 5.97 Å². The summed E-state index contributed by atoms with van der Waals surface area (Å²) in [4.78, 5) is 21.9. The lowest BCUT2D eigenvalue weighted by molar-refractivity contribution is -0.152. The van der Waals surface area contributed by atoms with Gasteiger partial charge in [0, 0.05) is 12.8 Å². The maximum Gasteiger partial charge on any atom is 0.303 e. The molecule has 0 aliphatic heterocycles. The number of carbonyl (C=O) groups excluding carboxylic acids is 2. The lowest BCUT2D eigenvalue weighted by atomic mass is 9.86. The van der Waals surface area contributed by atoms with Crippen LogP contribution in [0.5, 0.6) is 0 Å². The lowest BCUT2D eigenvalue weighted by Crippen LogP contribution is -2.37. The third kappa shape index (κ3) is 2.10. The number of rotatable bonds is 2. The van der Waals surface area contributed by atoms with Crippen LogP contribution < -0.4 is 0 Å². The van der Waals surface area contributed by atoms with Crippen LogP contribution in [-0.4, -0.2) is 17.4 Å². The summed E-state index contributed by atoms with van der Waals surface area (Å²) in [5.41, 5.74) is -0.750. The van der Waals surface area contributed by atoms with Gasteiger partial charge in [0.05, 0.1) is 0 Å². The van der Waals surface area contributed by atoms with Gasteiger partial charge in [-0.05, 0) is 24.3 Å². The predicted molar refractivity (Wildman–Crippen MR) is 52.6 cm³/mol. The van der Waals surface area contributed by atoms with E-state index in [1.807, 2.05) is 13.8 Å². The summed E-state index contributed by atoms with van der Waals surface area (Å²) in [7, 11) is 0. The van der Waals surface area contributed by atoms with Crippen molar-refractivity contribution in [1.29, 1.82) is 0 Å². The third-order valence-corrected chi connectivity index (χ3v) is 2.24. The number of carbonyl (C=O) groups is 2. The van der Waals surface area contributed by atoms with Crippen molar-refractivity contribution in [3.8, 4) is 0 Å². The van der Waals surface area contributed by atoms with Crippen molar-refractivity contribution in [2.75, 3.05) is 0 Å². The highest BCUT2D eigenvalue weighted by Gasteiger charge is 2.33. The molecule has 0 saturated carbocycles. The molecular formula is C11H14O3. The molecule has 14 heavy (non-hydrogen) atoms. The number of hydrogen-bond donors (Lipinski definition) is 0. The standard InChI is InChI=1S/C11H14O3/c1-8(2)11(14-9(3)12)6-4-10(13)5-7-11/h4-8H,1-3H3. The fourth-order valence-electron chi connectivity index (χ4n) is 1.36. The van der Waals surface area contributed by atoms with Crippen LogP contribution in [-0.2, 0) is 14.3 Å². The molecule has 1 aliphatic rings. The van der Waals surface area contributed by atoms with E-state index < -0.39 is 5.60 Å². The van der Waals surface area contributed by atoms with Gasteiger partial charge in [-0.15, -0.1) is 0 Å². The van der Waals surface area contributed by atoms with Crippen molar-refractivity contribution in [2.24, 2.45) is 5.92 Å². The van der Waals surface area contributed by atoms with E-state index in [2.05, 4.69) is 0 Å². The van der Waals surface area contributed by atoms with E-state index in [9.17, 15) is 9.59 Å². The van der Waals surface area contributed by atoms with E-state index in [0.29, 0.717) is 0 Å². The number of allylic oxidation sites excluding steroid dienone is 2. The Labute approximate surface area is 83.4 Å². The molecule has 0 N–H and O–H groups in total. The van der Waals surface area contributed by atoms with Crippen LogP contribution in [0, 0.1) is 5.92 Å². The van der Waals surface area contributed by atoms with Crippen LogP contribution in [0.3, 0.4) is 0 Å². The second-order valence-electron chi connectivity index (χ2n) is 3.67. The largest absolute Gasteiger partial charge is 0.450 e.